The molecule has 0 heterocycles. The zero-order chi connectivity index (χ0) is 20.1. The summed E-state index contributed by atoms with van der Waals surface area (Å²) < 4.78 is 64.3. The fraction of sp³-hybridized carbons (Fsp3) is 0.333. The van der Waals surface area contributed by atoms with Crippen molar-refractivity contribution >= 4 is 20.2 Å². The molecule has 0 radical (unpaired) electrons. The molecule has 2 aromatic carbocycles. The van der Waals surface area contributed by atoms with Gasteiger partial charge < -0.3 is 4.74 Å². The van der Waals surface area contributed by atoms with E-state index in [1.807, 2.05) is 13.8 Å². The molecule has 0 spiro atoms. The Hall–Kier alpha value is -1.78. The molecule has 2 aromatic rings. The van der Waals surface area contributed by atoms with E-state index in [1.54, 1.807) is 24.3 Å². The summed E-state index contributed by atoms with van der Waals surface area (Å²) in [6, 6.07) is 12.2. The number of hydrogen-bond acceptors (Lipinski definition) is 7. The first-order valence-electron chi connectivity index (χ1n) is 8.09. The first-order valence-corrected chi connectivity index (χ1v) is 10.9. The summed E-state index contributed by atoms with van der Waals surface area (Å²) in [5, 5.41) is 0. The van der Waals surface area contributed by atoms with Crippen LogP contribution < -0.4 is 0 Å². The van der Waals surface area contributed by atoms with Gasteiger partial charge in [-0.2, -0.15) is 16.8 Å². The van der Waals surface area contributed by atoms with Gasteiger partial charge in [0.15, 0.2) is 0 Å². The second kappa shape index (κ2) is 8.94. The Balaban J connectivity index is 2.10. The van der Waals surface area contributed by atoms with Crippen molar-refractivity contribution in [2.75, 3.05) is 20.3 Å². The number of rotatable bonds is 9. The predicted molar refractivity (Wildman–Crippen MR) is 99.4 cm³/mol. The summed E-state index contributed by atoms with van der Waals surface area (Å²) >= 11 is 0. The van der Waals surface area contributed by atoms with Crippen LogP contribution in [0.4, 0.5) is 0 Å². The van der Waals surface area contributed by atoms with Crippen molar-refractivity contribution in [2.45, 2.75) is 29.7 Å². The summed E-state index contributed by atoms with van der Waals surface area (Å²) in [6.07, 6.45) is -1.12. The quantitative estimate of drug-likeness (QED) is 0.582. The molecule has 0 aliphatic carbocycles. The fourth-order valence-corrected chi connectivity index (χ4v) is 4.15. The zero-order valence-corrected chi connectivity index (χ0v) is 16.9. The maximum atomic E-state index is 12.4. The first kappa shape index (κ1) is 21.5. The van der Waals surface area contributed by atoms with Gasteiger partial charge in [-0.05, 0) is 38.1 Å². The molecule has 0 saturated carbocycles. The third kappa shape index (κ3) is 6.12. The van der Waals surface area contributed by atoms with Crippen molar-refractivity contribution in [3.8, 4) is 0 Å². The van der Waals surface area contributed by atoms with Gasteiger partial charge in [-0.15, -0.1) is 0 Å². The van der Waals surface area contributed by atoms with Crippen LogP contribution in [-0.4, -0.2) is 43.3 Å². The van der Waals surface area contributed by atoms with E-state index in [4.69, 9.17) is 13.1 Å². The third-order valence-corrected chi connectivity index (χ3v) is 6.31. The second-order valence-corrected chi connectivity index (χ2v) is 9.18. The lowest BCUT2D eigenvalue weighted by molar-refractivity contribution is 0.0541. The molecular formula is C18H22O7S2. The molecule has 0 bridgehead atoms. The highest BCUT2D eigenvalue weighted by molar-refractivity contribution is 7.87. The Morgan fingerprint density at radius 2 is 1.19 bits per heavy atom. The Bertz CT molecular complexity index is 948. The van der Waals surface area contributed by atoms with Gasteiger partial charge in [-0.3, -0.25) is 8.37 Å². The summed E-state index contributed by atoms with van der Waals surface area (Å²) in [5.41, 5.74) is 1.80. The van der Waals surface area contributed by atoms with E-state index in [9.17, 15) is 16.8 Å². The van der Waals surface area contributed by atoms with Crippen LogP contribution in [0.3, 0.4) is 0 Å². The molecule has 1 atom stereocenters. The van der Waals surface area contributed by atoms with E-state index >= 15 is 0 Å². The van der Waals surface area contributed by atoms with Gasteiger partial charge in [0.2, 0.25) is 0 Å². The van der Waals surface area contributed by atoms with E-state index < -0.39 is 32.9 Å². The lowest BCUT2D eigenvalue weighted by atomic mass is 10.2. The van der Waals surface area contributed by atoms with E-state index in [0.29, 0.717) is 0 Å². The summed E-state index contributed by atoms with van der Waals surface area (Å²) in [4.78, 5) is -0.0544. The minimum absolute atomic E-state index is 0.0225. The molecule has 0 fully saturated rings. The molecule has 0 amide bonds. The minimum Gasteiger partial charge on any atom is -0.382 e. The van der Waals surface area contributed by atoms with Crippen molar-refractivity contribution in [3.63, 3.8) is 0 Å². The molecule has 148 valence electrons. The predicted octanol–water partition coefficient (Wildman–Crippen LogP) is 2.43. The van der Waals surface area contributed by atoms with Crippen LogP contribution in [0, 0.1) is 13.8 Å². The molecule has 0 unspecified atom stereocenters. The number of hydrogen-bond donors (Lipinski definition) is 0. The number of ether oxygens (including phenoxy) is 1. The van der Waals surface area contributed by atoms with E-state index in [-0.39, 0.29) is 16.4 Å². The molecule has 0 N–H and O–H groups in total. The van der Waals surface area contributed by atoms with Crippen LogP contribution >= 0.6 is 0 Å². The highest BCUT2D eigenvalue weighted by atomic mass is 32.2. The lowest BCUT2D eigenvalue weighted by Gasteiger charge is -2.17. The van der Waals surface area contributed by atoms with Gasteiger partial charge in [-0.1, -0.05) is 35.4 Å². The number of benzene rings is 2. The third-order valence-electron chi connectivity index (χ3n) is 3.64. The Labute approximate surface area is 160 Å². The monoisotopic (exact) mass is 414 g/mol. The molecule has 9 heteroatoms. The molecule has 7 nitrogen and oxygen atoms in total. The first-order chi connectivity index (χ1) is 12.6. The fourth-order valence-electron chi connectivity index (χ4n) is 2.17. The zero-order valence-electron chi connectivity index (χ0n) is 15.3. The lowest BCUT2D eigenvalue weighted by Crippen LogP contribution is -2.29. The van der Waals surface area contributed by atoms with Crippen molar-refractivity contribution in [3.05, 3.63) is 59.7 Å². The molecule has 27 heavy (non-hydrogen) atoms. The van der Waals surface area contributed by atoms with Gasteiger partial charge in [0.25, 0.3) is 20.2 Å². The highest BCUT2D eigenvalue weighted by Gasteiger charge is 2.25. The molecule has 0 aromatic heterocycles. The molecular weight excluding hydrogens is 392 g/mol. The van der Waals surface area contributed by atoms with Gasteiger partial charge >= 0.3 is 0 Å². The Morgan fingerprint density at radius 3 is 1.63 bits per heavy atom. The normalized spacial score (nSPS) is 13.4. The van der Waals surface area contributed by atoms with Crippen molar-refractivity contribution in [1.82, 2.24) is 0 Å². The van der Waals surface area contributed by atoms with Crippen LogP contribution in [0.25, 0.3) is 0 Å². The second-order valence-electron chi connectivity index (χ2n) is 5.99. The summed E-state index contributed by atoms with van der Waals surface area (Å²) in [5.74, 6) is 0. The van der Waals surface area contributed by atoms with Gasteiger partial charge in [0, 0.05) is 7.11 Å². The average Bonchev–Trinajstić information content (AvgIpc) is 2.60. The van der Waals surface area contributed by atoms with Crippen molar-refractivity contribution in [2.24, 2.45) is 0 Å². The van der Waals surface area contributed by atoms with Gasteiger partial charge in [0.1, 0.15) is 6.10 Å². The Kier molecular flexibility index (Phi) is 7.12. The highest BCUT2D eigenvalue weighted by Crippen LogP contribution is 2.18. The standard InChI is InChI=1S/C18H22O7S2/c1-14-4-8-17(9-5-14)26(19,20)24-13-16(12-23-3)25-27(21,22)18-10-6-15(2)7-11-18/h4-11,16H,12-13H2,1-3H3/t16-/m1/s1. The van der Waals surface area contributed by atoms with E-state index in [1.165, 1.54) is 31.4 Å². The van der Waals surface area contributed by atoms with Gasteiger partial charge in [0.05, 0.1) is 23.0 Å². The van der Waals surface area contributed by atoms with Crippen molar-refractivity contribution < 1.29 is 29.9 Å². The number of methoxy groups -OCH3 is 1. The van der Waals surface area contributed by atoms with Crippen LogP contribution in [0.1, 0.15) is 11.1 Å². The summed E-state index contributed by atoms with van der Waals surface area (Å²) in [6.45, 7) is 2.99. The topological polar surface area (TPSA) is 96.0 Å². The van der Waals surface area contributed by atoms with Crippen molar-refractivity contribution in [1.29, 1.82) is 0 Å². The molecule has 2 rings (SSSR count). The van der Waals surface area contributed by atoms with Crippen LogP contribution in [0.15, 0.2) is 58.3 Å². The van der Waals surface area contributed by atoms with E-state index in [0.717, 1.165) is 11.1 Å². The van der Waals surface area contributed by atoms with Crippen LogP contribution in [-0.2, 0) is 33.3 Å². The smallest absolute Gasteiger partial charge is 0.297 e. The molecule has 0 aliphatic rings. The number of aryl methyl sites for hydroxylation is 2. The largest absolute Gasteiger partial charge is 0.382 e. The summed E-state index contributed by atoms with van der Waals surface area (Å²) in [7, 11) is -6.79. The maximum absolute atomic E-state index is 12.4. The SMILES string of the molecule is COC[C@H](COS(=O)(=O)c1ccc(C)cc1)OS(=O)(=O)c1ccc(C)cc1. The minimum atomic E-state index is -4.09. The maximum Gasteiger partial charge on any atom is 0.297 e. The van der Waals surface area contributed by atoms with Gasteiger partial charge in [-0.25, -0.2) is 0 Å². The van der Waals surface area contributed by atoms with E-state index in [2.05, 4.69) is 0 Å². The van der Waals surface area contributed by atoms with Crippen LogP contribution in [0.2, 0.25) is 0 Å². The Morgan fingerprint density at radius 1 is 0.741 bits per heavy atom. The molecule has 0 aliphatic heterocycles. The van der Waals surface area contributed by atoms with Crippen LogP contribution in [0.5, 0.6) is 0 Å². The molecule has 0 saturated heterocycles. The average molecular weight is 415 g/mol.